The third-order valence-corrected chi connectivity index (χ3v) is 5.21. The van der Waals surface area contributed by atoms with Gasteiger partial charge in [-0.2, -0.15) is 13.2 Å². The molecule has 0 heterocycles. The van der Waals surface area contributed by atoms with E-state index in [0.29, 0.717) is 0 Å². The van der Waals surface area contributed by atoms with Crippen LogP contribution in [-0.4, -0.2) is 33.2 Å². The van der Waals surface area contributed by atoms with Crippen molar-refractivity contribution in [1.82, 2.24) is 5.32 Å². The monoisotopic (exact) mass is 394 g/mol. The van der Waals surface area contributed by atoms with E-state index >= 15 is 0 Å². The molecule has 0 aliphatic carbocycles. The molecule has 0 aliphatic heterocycles. The van der Waals surface area contributed by atoms with Gasteiger partial charge in [-0.3, -0.25) is 9.10 Å². The maximum Gasteiger partial charge on any atom is 0.416 e. The number of carbonyl (C=O) groups is 1. The first-order chi connectivity index (χ1) is 11.8. The lowest BCUT2D eigenvalue weighted by molar-refractivity contribution is -0.137. The van der Waals surface area contributed by atoms with E-state index in [1.807, 2.05) is 20.8 Å². The second-order valence-corrected chi connectivity index (χ2v) is 8.49. The van der Waals surface area contributed by atoms with E-state index in [0.717, 1.165) is 28.8 Å². The Morgan fingerprint density at radius 3 is 2.35 bits per heavy atom. The van der Waals surface area contributed by atoms with E-state index in [4.69, 9.17) is 0 Å². The summed E-state index contributed by atoms with van der Waals surface area (Å²) in [5.74, 6) is 0.0419. The summed E-state index contributed by atoms with van der Waals surface area (Å²) in [6, 6.07) is 4.12. The third kappa shape index (κ3) is 6.86. The molecule has 26 heavy (non-hydrogen) atoms. The topological polar surface area (TPSA) is 66.5 Å². The molecule has 9 heteroatoms. The summed E-state index contributed by atoms with van der Waals surface area (Å²) in [5.41, 5.74) is -0.995. The Morgan fingerprint density at radius 2 is 1.85 bits per heavy atom. The second kappa shape index (κ2) is 8.75. The smallest absolute Gasteiger partial charge is 0.353 e. The molecule has 1 atom stereocenters. The van der Waals surface area contributed by atoms with E-state index in [1.54, 1.807) is 0 Å². The average Bonchev–Trinajstić information content (AvgIpc) is 2.49. The van der Waals surface area contributed by atoms with Gasteiger partial charge >= 0.3 is 6.18 Å². The molecular formula is C17H25F3N2O3S. The Bertz CT molecular complexity index is 718. The van der Waals surface area contributed by atoms with E-state index < -0.39 is 21.8 Å². The van der Waals surface area contributed by atoms with Crippen LogP contribution in [0.15, 0.2) is 24.3 Å². The van der Waals surface area contributed by atoms with Crippen molar-refractivity contribution in [3.63, 3.8) is 0 Å². The Morgan fingerprint density at radius 1 is 1.23 bits per heavy atom. The molecule has 5 nitrogen and oxygen atoms in total. The maximum absolute atomic E-state index is 12.9. The molecule has 1 amide bonds. The molecule has 1 aromatic carbocycles. The number of hydrogen-bond acceptors (Lipinski definition) is 3. The van der Waals surface area contributed by atoms with Gasteiger partial charge < -0.3 is 5.32 Å². The number of benzene rings is 1. The zero-order valence-corrected chi connectivity index (χ0v) is 16.1. The predicted molar refractivity (Wildman–Crippen MR) is 95.3 cm³/mol. The standard InChI is InChI=1S/C17H25F3N2O3S/c1-12(2)13(3)21-16(23)9-6-10-22(26(4,24)25)15-8-5-7-14(11-15)17(18,19)20/h5,7-8,11-13H,6,9-10H2,1-4H3,(H,21,23)/t13-/m0/s1. The number of sulfonamides is 1. The van der Waals surface area contributed by atoms with Crippen molar-refractivity contribution >= 4 is 21.6 Å². The minimum atomic E-state index is -4.56. The predicted octanol–water partition coefficient (Wildman–Crippen LogP) is 3.41. The highest BCUT2D eigenvalue weighted by atomic mass is 32.2. The lowest BCUT2D eigenvalue weighted by atomic mass is 10.1. The van der Waals surface area contributed by atoms with Crippen LogP contribution in [0.3, 0.4) is 0 Å². The van der Waals surface area contributed by atoms with Crippen molar-refractivity contribution in [3.05, 3.63) is 29.8 Å². The normalized spacial score (nSPS) is 13.5. The van der Waals surface area contributed by atoms with E-state index in [2.05, 4.69) is 5.32 Å². The van der Waals surface area contributed by atoms with Crippen molar-refractivity contribution in [2.24, 2.45) is 5.92 Å². The average molecular weight is 394 g/mol. The number of nitrogens with zero attached hydrogens (tertiary/aromatic N) is 1. The lowest BCUT2D eigenvalue weighted by Gasteiger charge is -2.23. The van der Waals surface area contributed by atoms with E-state index in [-0.39, 0.29) is 42.9 Å². The number of alkyl halides is 3. The van der Waals surface area contributed by atoms with Crippen LogP contribution in [0.1, 0.15) is 39.2 Å². The van der Waals surface area contributed by atoms with Crippen LogP contribution in [0, 0.1) is 5.92 Å². The first-order valence-corrected chi connectivity index (χ1v) is 10.1. The van der Waals surface area contributed by atoms with E-state index in [9.17, 15) is 26.4 Å². The number of rotatable bonds is 8. The van der Waals surface area contributed by atoms with Gasteiger partial charge in [0.1, 0.15) is 0 Å². The first kappa shape index (κ1) is 22.3. The second-order valence-electron chi connectivity index (χ2n) is 6.59. The molecule has 1 N–H and O–H groups in total. The fraction of sp³-hybridized carbons (Fsp3) is 0.588. The number of carbonyl (C=O) groups excluding carboxylic acids is 1. The third-order valence-electron chi connectivity index (χ3n) is 4.02. The van der Waals surface area contributed by atoms with Gasteiger partial charge in [-0.1, -0.05) is 19.9 Å². The number of amides is 1. The van der Waals surface area contributed by atoms with Crippen molar-refractivity contribution < 1.29 is 26.4 Å². The SMILES string of the molecule is CC(C)[C@H](C)NC(=O)CCCN(c1cccc(C(F)(F)F)c1)S(C)(=O)=O. The Kier molecular flexibility index (Phi) is 7.49. The molecule has 1 aromatic rings. The summed E-state index contributed by atoms with van der Waals surface area (Å²) in [5, 5.41) is 2.80. The largest absolute Gasteiger partial charge is 0.416 e. The fourth-order valence-electron chi connectivity index (χ4n) is 2.20. The highest BCUT2D eigenvalue weighted by Crippen LogP contribution is 2.32. The minimum Gasteiger partial charge on any atom is -0.353 e. The summed E-state index contributed by atoms with van der Waals surface area (Å²) >= 11 is 0. The quantitative estimate of drug-likeness (QED) is 0.735. The van der Waals surface area contributed by atoms with Gasteiger partial charge in [-0.15, -0.1) is 0 Å². The Hall–Kier alpha value is -1.77. The molecule has 0 saturated heterocycles. The molecule has 1 rings (SSSR count). The zero-order valence-electron chi connectivity index (χ0n) is 15.3. The molecule has 0 aromatic heterocycles. The summed E-state index contributed by atoms with van der Waals surface area (Å²) in [4.78, 5) is 11.9. The van der Waals surface area contributed by atoms with Crippen molar-refractivity contribution in [3.8, 4) is 0 Å². The number of anilines is 1. The van der Waals surface area contributed by atoms with Gasteiger partial charge in [-0.05, 0) is 37.5 Å². The van der Waals surface area contributed by atoms with Crippen molar-refractivity contribution in [2.75, 3.05) is 17.1 Å². The Balaban J connectivity index is 2.83. The molecule has 0 radical (unpaired) electrons. The van der Waals surface area contributed by atoms with E-state index in [1.165, 1.54) is 6.07 Å². The maximum atomic E-state index is 12.9. The first-order valence-electron chi connectivity index (χ1n) is 8.26. The fourth-order valence-corrected chi connectivity index (χ4v) is 3.16. The number of hydrogen-bond donors (Lipinski definition) is 1. The minimum absolute atomic E-state index is 0.0167. The van der Waals surface area contributed by atoms with Gasteiger partial charge in [0, 0.05) is 19.0 Å². The summed E-state index contributed by atoms with van der Waals surface area (Å²) < 4.78 is 63.4. The van der Waals surface area contributed by atoms with Crippen LogP contribution in [0.4, 0.5) is 18.9 Å². The van der Waals surface area contributed by atoms with Crippen LogP contribution >= 0.6 is 0 Å². The van der Waals surface area contributed by atoms with Gasteiger partial charge in [0.05, 0.1) is 17.5 Å². The molecule has 0 saturated carbocycles. The molecule has 0 bridgehead atoms. The van der Waals surface area contributed by atoms with Crippen LogP contribution in [0.5, 0.6) is 0 Å². The van der Waals surface area contributed by atoms with Crippen molar-refractivity contribution in [1.29, 1.82) is 0 Å². The highest BCUT2D eigenvalue weighted by Gasteiger charge is 2.31. The van der Waals surface area contributed by atoms with Crippen LogP contribution in [0.2, 0.25) is 0 Å². The highest BCUT2D eigenvalue weighted by molar-refractivity contribution is 7.92. The van der Waals surface area contributed by atoms with Gasteiger partial charge in [0.25, 0.3) is 0 Å². The Labute approximate surface area is 152 Å². The molecule has 0 fully saturated rings. The molecule has 0 spiro atoms. The van der Waals surface area contributed by atoms with Gasteiger partial charge in [0.15, 0.2) is 0 Å². The van der Waals surface area contributed by atoms with Crippen molar-refractivity contribution in [2.45, 2.75) is 45.8 Å². The zero-order chi connectivity index (χ0) is 20.1. The molecule has 148 valence electrons. The van der Waals surface area contributed by atoms with Crippen LogP contribution in [-0.2, 0) is 21.0 Å². The van der Waals surface area contributed by atoms with Crippen LogP contribution < -0.4 is 9.62 Å². The molecular weight excluding hydrogens is 369 g/mol. The summed E-state index contributed by atoms with van der Waals surface area (Å²) in [6.45, 7) is 5.71. The van der Waals surface area contributed by atoms with Gasteiger partial charge in [0.2, 0.25) is 15.9 Å². The number of halogens is 3. The molecule has 0 aliphatic rings. The van der Waals surface area contributed by atoms with Gasteiger partial charge in [-0.25, -0.2) is 8.42 Å². The lowest BCUT2D eigenvalue weighted by Crippen LogP contribution is -2.37. The summed E-state index contributed by atoms with van der Waals surface area (Å²) in [6.07, 6.45) is -3.36. The summed E-state index contributed by atoms with van der Waals surface area (Å²) in [7, 11) is -3.78. The molecule has 0 unspecified atom stereocenters. The van der Waals surface area contributed by atoms with Crippen LogP contribution in [0.25, 0.3) is 0 Å². The number of nitrogens with one attached hydrogen (secondary N) is 1.